The standard InChI is InChI=1S/C31H35F2N3O4Si.C22H17F2N3O3.C21H15F2N3O3/c1-18(2)41(19(3)4,20(5)6)36-16-24(23-13-22(15-35-31(23)36)21-9-8-12-34-14-21)30(38)28-25(32)10-11-26(29(28)33)40-17-27(37)39-7;1-29-20(28)12-30-19-5-4-18(23)17(21(19)24)8-15-11-27-22-16(15)7-14(10-26-22)13-3-2-6-25-9-13;22-17-3-4-18(29-11-19(27)28)20(23)16(17)7-14-10-26-21-15(14)6-13(9-25-21)12-2-1-5-24-8-12/h8-16,18-20H,17H2,1-7H3;2-7,9-11H,8,12H2,1H3,(H,26,27);1-6,8-10H,7,11H2,(H,25,26)(H,27,28). The topological polar surface area (TPSA) is 249 Å². The van der Waals surface area contributed by atoms with Gasteiger partial charge in [-0.2, -0.15) is 0 Å². The van der Waals surface area contributed by atoms with Crippen LogP contribution in [0.1, 0.15) is 79.7 Å². The summed E-state index contributed by atoms with van der Waals surface area (Å²) in [5, 5.41) is 10.7. The number of methoxy groups -OCH3 is 2. The van der Waals surface area contributed by atoms with E-state index < -0.39 is 98.0 Å². The van der Waals surface area contributed by atoms with Gasteiger partial charge in [0.2, 0.25) is 5.78 Å². The van der Waals surface area contributed by atoms with Crippen LogP contribution in [0.25, 0.3) is 66.5 Å². The fourth-order valence-electron chi connectivity index (χ4n) is 12.5. The highest BCUT2D eigenvalue weighted by molar-refractivity contribution is 6.82. The first-order valence-corrected chi connectivity index (χ1v) is 33.6. The molecular formula is C74H67F6N9O10Si. The summed E-state index contributed by atoms with van der Waals surface area (Å²) < 4.78 is 116. The molecule has 0 fully saturated rings. The Morgan fingerprint density at radius 3 is 1.30 bits per heavy atom. The maximum absolute atomic E-state index is 15.6. The van der Waals surface area contributed by atoms with Gasteiger partial charge in [0.1, 0.15) is 34.4 Å². The minimum absolute atomic E-state index is 0.0226. The summed E-state index contributed by atoms with van der Waals surface area (Å²) in [6.45, 7) is 11.3. The van der Waals surface area contributed by atoms with Crippen molar-refractivity contribution in [2.24, 2.45) is 0 Å². The highest BCUT2D eigenvalue weighted by atomic mass is 28.3. The van der Waals surface area contributed by atoms with E-state index in [2.05, 4.69) is 90.1 Å². The van der Waals surface area contributed by atoms with E-state index in [0.717, 1.165) is 80.6 Å². The van der Waals surface area contributed by atoms with Crippen LogP contribution in [-0.4, -0.2) is 115 Å². The molecule has 0 aliphatic heterocycles. The second-order valence-electron chi connectivity index (χ2n) is 24.0. The zero-order valence-corrected chi connectivity index (χ0v) is 56.4. The number of fused-ring (bicyclic) bond motifs is 3. The van der Waals surface area contributed by atoms with Crippen LogP contribution in [0.15, 0.2) is 165 Å². The fourth-order valence-corrected chi connectivity index (χ4v) is 19.1. The van der Waals surface area contributed by atoms with Crippen LogP contribution in [0.2, 0.25) is 16.6 Å². The van der Waals surface area contributed by atoms with Crippen LogP contribution in [0.5, 0.6) is 17.2 Å². The van der Waals surface area contributed by atoms with E-state index in [1.165, 1.54) is 14.2 Å². The SMILES string of the molecule is COC(=O)COc1ccc(F)c(C(=O)c2cn([Si](C(C)C)(C(C)C)C(C)C)c3ncc(-c4cccnc4)cc23)c1F.COC(=O)COc1ccc(F)c(Cc2c[nH]c3ncc(-c4cccnc4)cc23)c1F.O=C(O)COc1ccc(F)c(Cc2c[nH]c3ncc(-c4cccnc4)cc23)c1F. The van der Waals surface area contributed by atoms with Crippen molar-refractivity contribution in [2.75, 3.05) is 34.0 Å². The number of ether oxygens (including phenoxy) is 5. The summed E-state index contributed by atoms with van der Waals surface area (Å²) in [6.07, 6.45) is 20.3. The molecule has 3 aromatic carbocycles. The number of hydrogen-bond acceptors (Lipinski definition) is 15. The van der Waals surface area contributed by atoms with Crippen molar-refractivity contribution >= 4 is 65.0 Å². The maximum atomic E-state index is 15.6. The minimum Gasteiger partial charge on any atom is -0.479 e. The van der Waals surface area contributed by atoms with Gasteiger partial charge < -0.3 is 43.0 Å². The van der Waals surface area contributed by atoms with E-state index in [1.54, 1.807) is 80.4 Å². The summed E-state index contributed by atoms with van der Waals surface area (Å²) in [6, 6.07) is 23.1. The molecule has 9 heterocycles. The van der Waals surface area contributed by atoms with Gasteiger partial charge in [-0.05, 0) is 101 Å². The van der Waals surface area contributed by atoms with Gasteiger partial charge in [-0.1, -0.05) is 59.7 Å². The van der Waals surface area contributed by atoms with Gasteiger partial charge in [-0.3, -0.25) is 19.7 Å². The molecule has 514 valence electrons. The molecule has 0 bridgehead atoms. The molecule has 9 aromatic heterocycles. The molecule has 0 aliphatic rings. The first-order chi connectivity index (χ1) is 48.0. The number of carbonyl (C=O) groups excluding carboxylic acids is 3. The number of nitrogens with zero attached hydrogens (tertiary/aromatic N) is 7. The molecule has 19 nitrogen and oxygen atoms in total. The Labute approximate surface area is 570 Å². The van der Waals surface area contributed by atoms with Gasteiger partial charge in [-0.25, -0.2) is 55.7 Å². The number of hydrogen-bond donors (Lipinski definition) is 3. The number of benzene rings is 3. The molecule has 0 unspecified atom stereocenters. The second-order valence-corrected chi connectivity index (χ2v) is 29.7. The minimum atomic E-state index is -2.43. The third-order valence-electron chi connectivity index (χ3n) is 17.1. The normalized spacial score (nSPS) is 11.4. The van der Waals surface area contributed by atoms with E-state index in [4.69, 9.17) is 24.3 Å². The number of carboxylic acid groups (broad SMARTS) is 1. The molecular weight excluding hydrogens is 1320 g/mol. The first-order valence-electron chi connectivity index (χ1n) is 31.4. The maximum Gasteiger partial charge on any atom is 0.343 e. The second kappa shape index (κ2) is 31.3. The molecule has 3 N–H and O–H groups in total. The monoisotopic (exact) mass is 1380 g/mol. The smallest absolute Gasteiger partial charge is 0.343 e. The summed E-state index contributed by atoms with van der Waals surface area (Å²) in [5.41, 5.74) is 7.86. The number of halogens is 6. The van der Waals surface area contributed by atoms with Crippen LogP contribution < -0.4 is 14.2 Å². The molecule has 12 aromatic rings. The summed E-state index contributed by atoms with van der Waals surface area (Å²) in [5.74, 6) is -9.87. The lowest BCUT2D eigenvalue weighted by Gasteiger charge is -2.44. The lowest BCUT2D eigenvalue weighted by Crippen LogP contribution is -2.51. The number of carboxylic acids is 1. The Kier molecular flexibility index (Phi) is 22.3. The highest BCUT2D eigenvalue weighted by Gasteiger charge is 2.47. The van der Waals surface area contributed by atoms with E-state index in [0.29, 0.717) is 33.5 Å². The number of pyridine rings is 6. The van der Waals surface area contributed by atoms with Crippen molar-refractivity contribution in [3.05, 3.63) is 234 Å². The molecule has 12 rings (SSSR count). The first kappa shape index (κ1) is 71.2. The fraction of sp³-hybridized carbons (Fsp3) is 0.216. The Hall–Kier alpha value is -11.5. The molecule has 0 saturated heterocycles. The van der Waals surface area contributed by atoms with E-state index in [1.807, 2.05) is 48.5 Å². The number of aromatic amines is 2. The third-order valence-corrected chi connectivity index (χ3v) is 23.8. The average molecular weight is 1380 g/mol. The van der Waals surface area contributed by atoms with Gasteiger partial charge in [0.25, 0.3) is 0 Å². The Morgan fingerprint density at radius 2 is 0.900 bits per heavy atom. The van der Waals surface area contributed by atoms with Crippen LogP contribution in [-0.2, 0) is 36.7 Å². The van der Waals surface area contributed by atoms with Crippen molar-refractivity contribution in [1.82, 2.24) is 44.1 Å². The van der Waals surface area contributed by atoms with Gasteiger partial charge in [-0.15, -0.1) is 0 Å². The number of esters is 2. The number of aromatic nitrogens is 9. The predicted octanol–water partition coefficient (Wildman–Crippen LogP) is 15.2. The number of carbonyl (C=O) groups is 4. The average Bonchev–Trinajstić information content (AvgIpc) is 1.56. The van der Waals surface area contributed by atoms with Crippen molar-refractivity contribution < 1.29 is 74.3 Å². The largest absolute Gasteiger partial charge is 0.479 e. The van der Waals surface area contributed by atoms with E-state index in [-0.39, 0.29) is 57.7 Å². The zero-order valence-electron chi connectivity index (χ0n) is 55.4. The lowest BCUT2D eigenvalue weighted by molar-refractivity contribution is -0.143. The Morgan fingerprint density at radius 1 is 0.500 bits per heavy atom. The number of nitrogens with one attached hydrogen (secondary N) is 2. The summed E-state index contributed by atoms with van der Waals surface area (Å²) in [7, 11) is -0.0683. The molecule has 0 radical (unpaired) electrons. The van der Waals surface area contributed by atoms with Crippen molar-refractivity contribution in [3.8, 4) is 50.6 Å². The van der Waals surface area contributed by atoms with E-state index >= 15 is 8.78 Å². The predicted molar refractivity (Wildman–Crippen MR) is 364 cm³/mol. The molecule has 0 spiro atoms. The number of H-pyrrole nitrogens is 2. The quantitative estimate of drug-likeness (QED) is 0.0247. The molecule has 100 heavy (non-hydrogen) atoms. The van der Waals surface area contributed by atoms with Gasteiger partial charge in [0.05, 0.1) is 19.8 Å². The highest BCUT2D eigenvalue weighted by Crippen LogP contribution is 2.46. The Bertz CT molecular complexity index is 4940. The van der Waals surface area contributed by atoms with Gasteiger partial charge >= 0.3 is 17.9 Å². The summed E-state index contributed by atoms with van der Waals surface area (Å²) in [4.78, 5) is 79.5. The van der Waals surface area contributed by atoms with Crippen LogP contribution in [0.4, 0.5) is 26.3 Å². The molecule has 0 saturated carbocycles. The van der Waals surface area contributed by atoms with Gasteiger partial charge in [0.15, 0.2) is 62.8 Å². The van der Waals surface area contributed by atoms with Gasteiger partial charge in [0, 0.05) is 153 Å². The van der Waals surface area contributed by atoms with Crippen molar-refractivity contribution in [3.63, 3.8) is 0 Å². The van der Waals surface area contributed by atoms with Crippen LogP contribution in [0, 0.1) is 34.9 Å². The summed E-state index contributed by atoms with van der Waals surface area (Å²) >= 11 is 0. The van der Waals surface area contributed by atoms with E-state index in [9.17, 15) is 36.7 Å². The Balaban J connectivity index is 0.000000165. The molecule has 26 heteroatoms. The van der Waals surface area contributed by atoms with Crippen molar-refractivity contribution in [1.29, 1.82) is 0 Å². The lowest BCUT2D eigenvalue weighted by atomic mass is 10.0. The van der Waals surface area contributed by atoms with Crippen LogP contribution in [0.3, 0.4) is 0 Å². The number of ketones is 1. The number of aliphatic carboxylic acids is 1. The number of rotatable bonds is 22. The van der Waals surface area contributed by atoms with Crippen molar-refractivity contribution in [2.45, 2.75) is 71.0 Å². The third kappa shape index (κ3) is 15.3. The zero-order chi connectivity index (χ0) is 71.5. The molecule has 0 atom stereocenters. The molecule has 0 aliphatic carbocycles. The van der Waals surface area contributed by atoms with Crippen LogP contribution >= 0.6 is 0 Å². The molecule has 0 amide bonds.